The van der Waals surface area contributed by atoms with Crippen molar-refractivity contribution in [2.24, 2.45) is 0 Å². The second-order valence-corrected chi connectivity index (χ2v) is 11.5. The Bertz CT molecular complexity index is 1460. The number of benzene rings is 2. The minimum Gasteiger partial charge on any atom is -0.325 e. The fourth-order valence-corrected chi connectivity index (χ4v) is 6.77. The van der Waals surface area contributed by atoms with Gasteiger partial charge in [-0.1, -0.05) is 58.4 Å². The van der Waals surface area contributed by atoms with Gasteiger partial charge in [0.15, 0.2) is 5.16 Å². The molecule has 0 spiro atoms. The van der Waals surface area contributed by atoms with Crippen molar-refractivity contribution in [3.05, 3.63) is 79.4 Å². The first-order valence-corrected chi connectivity index (χ1v) is 14.1. The molecule has 3 heterocycles. The van der Waals surface area contributed by atoms with Crippen LogP contribution in [-0.2, 0) is 17.8 Å². The SMILES string of the molecule is CCN1CCc2c(sc3nc(SCC(=O)Nc4cccc(Br)c4)n(-c4ccc(C)cc4)c(=O)c23)C1. The van der Waals surface area contributed by atoms with Gasteiger partial charge in [0.1, 0.15) is 4.83 Å². The summed E-state index contributed by atoms with van der Waals surface area (Å²) in [5, 5.41) is 4.17. The summed E-state index contributed by atoms with van der Waals surface area (Å²) in [5.41, 5.74) is 3.67. The molecule has 1 aliphatic rings. The Hall–Kier alpha value is -2.46. The maximum absolute atomic E-state index is 13.9. The highest BCUT2D eigenvalue weighted by Crippen LogP contribution is 2.34. The standard InChI is InChI=1S/C26H25BrN4O2S2/c1-3-30-12-11-20-21(14-30)35-24-23(20)25(33)31(19-9-7-16(2)8-10-19)26(29-24)34-15-22(32)28-18-6-4-5-17(27)13-18/h4-10,13H,3,11-12,14-15H2,1-2H3,(H,28,32). The molecule has 35 heavy (non-hydrogen) atoms. The summed E-state index contributed by atoms with van der Waals surface area (Å²) < 4.78 is 2.56. The third-order valence-corrected chi connectivity index (χ3v) is 8.65. The number of amides is 1. The van der Waals surface area contributed by atoms with E-state index >= 15 is 0 Å². The van der Waals surface area contributed by atoms with E-state index in [1.807, 2.05) is 55.5 Å². The van der Waals surface area contributed by atoms with Crippen LogP contribution in [-0.4, -0.2) is 39.2 Å². The van der Waals surface area contributed by atoms with Crippen LogP contribution < -0.4 is 10.9 Å². The molecule has 2 aromatic heterocycles. The zero-order valence-corrected chi connectivity index (χ0v) is 22.7. The predicted molar refractivity (Wildman–Crippen MR) is 148 cm³/mol. The maximum Gasteiger partial charge on any atom is 0.267 e. The average Bonchev–Trinajstić information content (AvgIpc) is 3.21. The van der Waals surface area contributed by atoms with E-state index < -0.39 is 0 Å². The highest BCUT2D eigenvalue weighted by Gasteiger charge is 2.25. The van der Waals surface area contributed by atoms with Crippen molar-refractivity contribution in [3.8, 4) is 5.69 Å². The van der Waals surface area contributed by atoms with E-state index in [1.54, 1.807) is 15.9 Å². The second kappa shape index (κ2) is 10.3. The fourth-order valence-electron chi connectivity index (χ4n) is 4.26. The molecule has 5 rings (SSSR count). The molecule has 0 unspecified atom stereocenters. The number of nitrogens with zero attached hydrogens (tertiary/aromatic N) is 3. The average molecular weight is 570 g/mol. The molecule has 1 N–H and O–H groups in total. The normalized spacial score (nSPS) is 13.7. The third-order valence-electron chi connectivity index (χ3n) is 6.10. The highest BCUT2D eigenvalue weighted by molar-refractivity contribution is 9.10. The summed E-state index contributed by atoms with van der Waals surface area (Å²) >= 11 is 6.31. The number of thioether (sulfide) groups is 1. The summed E-state index contributed by atoms with van der Waals surface area (Å²) in [7, 11) is 0. The smallest absolute Gasteiger partial charge is 0.267 e. The molecule has 0 atom stereocenters. The number of carbonyl (C=O) groups is 1. The number of thiophene rings is 1. The third kappa shape index (κ3) is 5.09. The molecule has 9 heteroatoms. The molecule has 180 valence electrons. The zero-order chi connectivity index (χ0) is 24.5. The van der Waals surface area contributed by atoms with Gasteiger partial charge in [0.05, 0.1) is 16.8 Å². The van der Waals surface area contributed by atoms with E-state index in [9.17, 15) is 9.59 Å². The van der Waals surface area contributed by atoms with E-state index in [0.717, 1.165) is 63.2 Å². The van der Waals surface area contributed by atoms with Gasteiger partial charge < -0.3 is 5.32 Å². The topological polar surface area (TPSA) is 67.2 Å². The van der Waals surface area contributed by atoms with Gasteiger partial charge >= 0.3 is 0 Å². The van der Waals surface area contributed by atoms with E-state index in [1.165, 1.54) is 16.6 Å². The van der Waals surface area contributed by atoms with Crippen molar-refractivity contribution >= 4 is 60.8 Å². The lowest BCUT2D eigenvalue weighted by atomic mass is 10.1. The second-order valence-electron chi connectivity index (χ2n) is 8.52. The van der Waals surface area contributed by atoms with Crippen LogP contribution in [0.2, 0.25) is 0 Å². The van der Waals surface area contributed by atoms with Crippen LogP contribution in [0.15, 0.2) is 63.0 Å². The van der Waals surface area contributed by atoms with Gasteiger partial charge in [-0.2, -0.15) is 0 Å². The van der Waals surface area contributed by atoms with Gasteiger partial charge in [0, 0.05) is 28.1 Å². The molecular formula is C26H25BrN4O2S2. The van der Waals surface area contributed by atoms with E-state index in [2.05, 4.69) is 33.1 Å². The minimum absolute atomic E-state index is 0.0591. The number of halogens is 1. The molecule has 0 saturated carbocycles. The first-order valence-electron chi connectivity index (χ1n) is 11.5. The number of aryl methyl sites for hydroxylation is 1. The summed E-state index contributed by atoms with van der Waals surface area (Å²) in [5.74, 6) is -0.00709. The molecule has 0 aliphatic carbocycles. The van der Waals surface area contributed by atoms with Crippen LogP contribution in [0.4, 0.5) is 5.69 Å². The number of aromatic nitrogens is 2. The largest absolute Gasteiger partial charge is 0.325 e. The van der Waals surface area contributed by atoms with Crippen molar-refractivity contribution in [2.75, 3.05) is 24.2 Å². The Morgan fingerprint density at radius 3 is 2.77 bits per heavy atom. The van der Waals surface area contributed by atoms with E-state index in [4.69, 9.17) is 4.98 Å². The molecule has 0 saturated heterocycles. The number of hydrogen-bond donors (Lipinski definition) is 1. The minimum atomic E-state index is -0.151. The van der Waals surface area contributed by atoms with Crippen LogP contribution in [0.3, 0.4) is 0 Å². The number of anilines is 1. The Labute approximate surface area is 220 Å². The van der Waals surface area contributed by atoms with Crippen molar-refractivity contribution in [1.82, 2.24) is 14.5 Å². The van der Waals surface area contributed by atoms with E-state index in [0.29, 0.717) is 5.16 Å². The van der Waals surface area contributed by atoms with Crippen LogP contribution in [0, 0.1) is 6.92 Å². The van der Waals surface area contributed by atoms with Crippen LogP contribution in [0.5, 0.6) is 0 Å². The Morgan fingerprint density at radius 1 is 1.23 bits per heavy atom. The van der Waals surface area contributed by atoms with E-state index in [-0.39, 0.29) is 17.2 Å². The van der Waals surface area contributed by atoms with Crippen molar-refractivity contribution in [3.63, 3.8) is 0 Å². The van der Waals surface area contributed by atoms with Crippen LogP contribution in [0.25, 0.3) is 15.9 Å². The van der Waals surface area contributed by atoms with Gasteiger partial charge in [-0.05, 0) is 55.8 Å². The van der Waals surface area contributed by atoms with Gasteiger partial charge in [-0.15, -0.1) is 11.3 Å². The monoisotopic (exact) mass is 568 g/mol. The molecule has 4 aromatic rings. The molecule has 0 radical (unpaired) electrons. The number of carbonyl (C=O) groups excluding carboxylic acids is 1. The number of hydrogen-bond acceptors (Lipinski definition) is 6. The van der Waals surface area contributed by atoms with Gasteiger partial charge in [-0.25, -0.2) is 4.98 Å². The molecule has 2 aromatic carbocycles. The number of rotatable bonds is 6. The lowest BCUT2D eigenvalue weighted by molar-refractivity contribution is -0.113. The van der Waals surface area contributed by atoms with Crippen molar-refractivity contribution < 1.29 is 4.79 Å². The molecule has 1 amide bonds. The summed E-state index contributed by atoms with van der Waals surface area (Å²) in [6.45, 7) is 6.97. The Kier molecular flexibility index (Phi) is 7.11. The quantitative estimate of drug-likeness (QED) is 0.241. The first kappa shape index (κ1) is 24.2. The Balaban J connectivity index is 1.52. The zero-order valence-electron chi connectivity index (χ0n) is 19.5. The fraction of sp³-hybridized carbons (Fsp3) is 0.269. The lowest BCUT2D eigenvalue weighted by Crippen LogP contribution is -2.30. The number of nitrogens with one attached hydrogen (secondary N) is 1. The first-order chi connectivity index (χ1) is 16.9. The number of likely N-dealkylation sites (N-methyl/N-ethyl adjacent to an activating group) is 1. The van der Waals surface area contributed by atoms with Crippen LogP contribution in [0.1, 0.15) is 22.9 Å². The summed E-state index contributed by atoms with van der Waals surface area (Å²) in [4.78, 5) is 35.9. The molecule has 0 fully saturated rings. The van der Waals surface area contributed by atoms with Gasteiger partial charge in [-0.3, -0.25) is 19.1 Å². The van der Waals surface area contributed by atoms with Gasteiger partial charge in [0.2, 0.25) is 5.91 Å². The molecule has 6 nitrogen and oxygen atoms in total. The maximum atomic E-state index is 13.9. The van der Waals surface area contributed by atoms with Gasteiger partial charge in [0.25, 0.3) is 5.56 Å². The molecule has 0 bridgehead atoms. The predicted octanol–water partition coefficient (Wildman–Crippen LogP) is 5.63. The summed E-state index contributed by atoms with van der Waals surface area (Å²) in [6, 6.07) is 15.3. The molecular weight excluding hydrogens is 544 g/mol. The number of fused-ring (bicyclic) bond motifs is 3. The van der Waals surface area contributed by atoms with Crippen molar-refractivity contribution in [1.29, 1.82) is 0 Å². The van der Waals surface area contributed by atoms with Crippen molar-refractivity contribution in [2.45, 2.75) is 32.0 Å². The lowest BCUT2D eigenvalue weighted by Gasteiger charge is -2.25. The Morgan fingerprint density at radius 2 is 2.03 bits per heavy atom. The van der Waals surface area contributed by atoms with Crippen LogP contribution >= 0.6 is 39.0 Å². The summed E-state index contributed by atoms with van der Waals surface area (Å²) in [6.07, 6.45) is 0.857. The molecule has 1 aliphatic heterocycles. The highest BCUT2D eigenvalue weighted by atomic mass is 79.9.